The highest BCUT2D eigenvalue weighted by molar-refractivity contribution is 5.67. The van der Waals surface area contributed by atoms with E-state index in [-0.39, 0.29) is 12.5 Å². The number of carbonyl (C=O) groups is 1. The zero-order valence-corrected chi connectivity index (χ0v) is 8.27. The second-order valence-electron chi connectivity index (χ2n) is 3.24. The van der Waals surface area contributed by atoms with E-state index in [4.69, 9.17) is 5.11 Å². The van der Waals surface area contributed by atoms with Crippen LogP contribution >= 0.6 is 0 Å². The molecule has 0 aliphatic rings. The maximum Gasteiger partial charge on any atom is 0.304 e. The summed E-state index contributed by atoms with van der Waals surface area (Å²) >= 11 is 0. The molecule has 6 heteroatoms. The zero-order valence-electron chi connectivity index (χ0n) is 8.27. The standard InChI is InChI=1S/C8H14N4O2/c1-6(3-8(13)14)9-4-7-11-10-5-12(7)2/h5-6,9H,3-4H2,1-2H3,(H,13,14). The third-order valence-electron chi connectivity index (χ3n) is 1.89. The molecule has 1 aromatic rings. The van der Waals surface area contributed by atoms with Crippen molar-refractivity contribution in [2.24, 2.45) is 7.05 Å². The quantitative estimate of drug-likeness (QED) is 0.683. The first-order chi connectivity index (χ1) is 6.59. The summed E-state index contributed by atoms with van der Waals surface area (Å²) in [5, 5.41) is 19.2. The Morgan fingerprint density at radius 2 is 2.50 bits per heavy atom. The second-order valence-corrected chi connectivity index (χ2v) is 3.24. The van der Waals surface area contributed by atoms with Crippen molar-refractivity contribution in [2.75, 3.05) is 0 Å². The molecule has 0 fully saturated rings. The van der Waals surface area contributed by atoms with Crippen molar-refractivity contribution >= 4 is 5.97 Å². The molecule has 0 aliphatic carbocycles. The molecule has 0 saturated heterocycles. The third kappa shape index (κ3) is 3.14. The van der Waals surface area contributed by atoms with Crippen LogP contribution in [-0.2, 0) is 18.4 Å². The minimum Gasteiger partial charge on any atom is -0.481 e. The van der Waals surface area contributed by atoms with Gasteiger partial charge in [0.1, 0.15) is 12.2 Å². The van der Waals surface area contributed by atoms with Crippen molar-refractivity contribution in [3.8, 4) is 0 Å². The lowest BCUT2D eigenvalue weighted by Gasteiger charge is -2.10. The molecule has 0 spiro atoms. The van der Waals surface area contributed by atoms with E-state index in [9.17, 15) is 4.79 Å². The van der Waals surface area contributed by atoms with Gasteiger partial charge in [0.05, 0.1) is 13.0 Å². The Balaban J connectivity index is 2.34. The molecule has 0 aromatic carbocycles. The largest absolute Gasteiger partial charge is 0.481 e. The van der Waals surface area contributed by atoms with Gasteiger partial charge in [0.25, 0.3) is 0 Å². The topological polar surface area (TPSA) is 80.0 Å². The molecule has 1 rings (SSSR count). The van der Waals surface area contributed by atoms with Crippen LogP contribution in [0, 0.1) is 0 Å². The van der Waals surface area contributed by atoms with Crippen molar-refractivity contribution in [2.45, 2.75) is 25.9 Å². The van der Waals surface area contributed by atoms with Crippen LogP contribution in [0.1, 0.15) is 19.2 Å². The highest BCUT2D eigenvalue weighted by Crippen LogP contribution is 1.94. The van der Waals surface area contributed by atoms with Crippen molar-refractivity contribution < 1.29 is 9.90 Å². The number of rotatable bonds is 5. The second kappa shape index (κ2) is 4.71. The minimum absolute atomic E-state index is 0.0656. The summed E-state index contributed by atoms with van der Waals surface area (Å²) in [5.41, 5.74) is 0. The number of nitrogens with zero attached hydrogens (tertiary/aromatic N) is 3. The van der Waals surface area contributed by atoms with Gasteiger partial charge in [-0.2, -0.15) is 0 Å². The maximum atomic E-state index is 10.4. The fourth-order valence-electron chi connectivity index (χ4n) is 1.07. The fraction of sp³-hybridized carbons (Fsp3) is 0.625. The summed E-state index contributed by atoms with van der Waals surface area (Å²) in [4.78, 5) is 10.4. The van der Waals surface area contributed by atoms with Crippen LogP contribution in [-0.4, -0.2) is 31.9 Å². The van der Waals surface area contributed by atoms with Gasteiger partial charge in [-0.05, 0) is 6.92 Å². The fourth-order valence-corrected chi connectivity index (χ4v) is 1.07. The first-order valence-corrected chi connectivity index (χ1v) is 4.37. The molecule has 0 radical (unpaired) electrons. The van der Waals surface area contributed by atoms with Crippen LogP contribution in [0.4, 0.5) is 0 Å². The highest BCUT2D eigenvalue weighted by atomic mass is 16.4. The molecule has 0 saturated carbocycles. The van der Waals surface area contributed by atoms with Crippen molar-refractivity contribution in [1.29, 1.82) is 0 Å². The van der Waals surface area contributed by atoms with Gasteiger partial charge in [0.15, 0.2) is 0 Å². The van der Waals surface area contributed by atoms with E-state index >= 15 is 0 Å². The SMILES string of the molecule is CC(CC(=O)O)NCc1nncn1C. The average Bonchev–Trinajstić information content (AvgIpc) is 2.46. The molecule has 1 atom stereocenters. The molecule has 0 bridgehead atoms. The van der Waals surface area contributed by atoms with Crippen molar-refractivity contribution in [3.05, 3.63) is 12.2 Å². The predicted octanol–water partition coefficient (Wildman–Crippen LogP) is -0.232. The Kier molecular flexibility index (Phi) is 3.58. The normalized spacial score (nSPS) is 12.7. The smallest absolute Gasteiger partial charge is 0.304 e. The van der Waals surface area contributed by atoms with Crippen LogP contribution in [0.3, 0.4) is 0 Å². The Morgan fingerprint density at radius 3 is 3.00 bits per heavy atom. The molecule has 6 nitrogen and oxygen atoms in total. The molecule has 1 unspecified atom stereocenters. The van der Waals surface area contributed by atoms with Gasteiger partial charge in [0.2, 0.25) is 0 Å². The molecular weight excluding hydrogens is 184 g/mol. The number of hydrogen-bond donors (Lipinski definition) is 2. The van der Waals surface area contributed by atoms with Gasteiger partial charge in [-0.3, -0.25) is 4.79 Å². The van der Waals surface area contributed by atoms with E-state index in [1.807, 2.05) is 14.0 Å². The summed E-state index contributed by atoms with van der Waals surface area (Å²) < 4.78 is 1.79. The van der Waals surface area contributed by atoms with Crippen LogP contribution < -0.4 is 5.32 Å². The lowest BCUT2D eigenvalue weighted by Crippen LogP contribution is -2.29. The summed E-state index contributed by atoms with van der Waals surface area (Å²) in [7, 11) is 1.85. The van der Waals surface area contributed by atoms with E-state index in [0.29, 0.717) is 6.54 Å². The average molecular weight is 198 g/mol. The molecule has 78 valence electrons. The van der Waals surface area contributed by atoms with Gasteiger partial charge >= 0.3 is 5.97 Å². The number of carboxylic acids is 1. The maximum absolute atomic E-state index is 10.4. The zero-order chi connectivity index (χ0) is 10.6. The monoisotopic (exact) mass is 198 g/mol. The lowest BCUT2D eigenvalue weighted by atomic mass is 10.2. The van der Waals surface area contributed by atoms with Gasteiger partial charge < -0.3 is 15.0 Å². The van der Waals surface area contributed by atoms with Gasteiger partial charge in [-0.1, -0.05) is 0 Å². The molecule has 1 aromatic heterocycles. The Labute approximate surface area is 82.0 Å². The number of carboxylic acid groups (broad SMARTS) is 1. The van der Waals surface area contributed by atoms with E-state index < -0.39 is 5.97 Å². The van der Waals surface area contributed by atoms with Crippen molar-refractivity contribution in [1.82, 2.24) is 20.1 Å². The van der Waals surface area contributed by atoms with Gasteiger partial charge in [0, 0.05) is 13.1 Å². The van der Waals surface area contributed by atoms with Crippen LogP contribution in [0.2, 0.25) is 0 Å². The summed E-state index contributed by atoms with van der Waals surface area (Å²) in [6.45, 7) is 2.36. The summed E-state index contributed by atoms with van der Waals surface area (Å²) in [5.74, 6) is -0.00907. The van der Waals surface area contributed by atoms with Crippen LogP contribution in [0.15, 0.2) is 6.33 Å². The van der Waals surface area contributed by atoms with E-state index in [0.717, 1.165) is 5.82 Å². The third-order valence-corrected chi connectivity index (χ3v) is 1.89. The van der Waals surface area contributed by atoms with Crippen molar-refractivity contribution in [3.63, 3.8) is 0 Å². The van der Waals surface area contributed by atoms with Crippen LogP contribution in [0.25, 0.3) is 0 Å². The van der Waals surface area contributed by atoms with Gasteiger partial charge in [-0.25, -0.2) is 0 Å². The Hall–Kier alpha value is -1.43. The molecule has 14 heavy (non-hydrogen) atoms. The lowest BCUT2D eigenvalue weighted by molar-refractivity contribution is -0.137. The molecule has 1 heterocycles. The summed E-state index contributed by atoms with van der Waals surface area (Å²) in [6.07, 6.45) is 1.72. The Morgan fingerprint density at radius 1 is 1.79 bits per heavy atom. The number of nitrogens with one attached hydrogen (secondary N) is 1. The molecule has 2 N–H and O–H groups in total. The predicted molar refractivity (Wildman–Crippen MR) is 49.6 cm³/mol. The number of hydrogen-bond acceptors (Lipinski definition) is 4. The number of aryl methyl sites for hydroxylation is 1. The number of aliphatic carboxylic acids is 1. The molecular formula is C8H14N4O2. The number of aromatic nitrogens is 3. The van der Waals surface area contributed by atoms with E-state index in [1.54, 1.807) is 10.9 Å². The van der Waals surface area contributed by atoms with Crippen LogP contribution in [0.5, 0.6) is 0 Å². The first kappa shape index (κ1) is 10.6. The highest BCUT2D eigenvalue weighted by Gasteiger charge is 2.08. The van der Waals surface area contributed by atoms with E-state index in [1.165, 1.54) is 0 Å². The molecule has 0 amide bonds. The minimum atomic E-state index is -0.803. The first-order valence-electron chi connectivity index (χ1n) is 4.37. The Bertz CT molecular complexity index is 310. The molecule has 0 aliphatic heterocycles. The summed E-state index contributed by atoms with van der Waals surface area (Å²) in [6, 6.07) is -0.0656. The van der Waals surface area contributed by atoms with Gasteiger partial charge in [-0.15, -0.1) is 10.2 Å². The van der Waals surface area contributed by atoms with E-state index in [2.05, 4.69) is 15.5 Å².